The number of anilines is 1. The van der Waals surface area contributed by atoms with Crippen LogP contribution in [-0.4, -0.2) is 42.0 Å². The van der Waals surface area contributed by atoms with Crippen LogP contribution in [0, 0.1) is 0 Å². The first kappa shape index (κ1) is 16.6. The van der Waals surface area contributed by atoms with Crippen molar-refractivity contribution in [2.24, 2.45) is 0 Å². The summed E-state index contributed by atoms with van der Waals surface area (Å²) in [7, 11) is 0. The number of aromatic nitrogens is 1. The van der Waals surface area contributed by atoms with Gasteiger partial charge >= 0.3 is 0 Å². The Hall–Kier alpha value is -2.57. The van der Waals surface area contributed by atoms with Gasteiger partial charge in [-0.2, -0.15) is 0 Å². The molecule has 0 aliphatic carbocycles. The van der Waals surface area contributed by atoms with E-state index in [1.54, 1.807) is 11.3 Å². The maximum atomic E-state index is 12.8. The van der Waals surface area contributed by atoms with Crippen molar-refractivity contribution in [1.82, 2.24) is 9.88 Å². The van der Waals surface area contributed by atoms with Crippen molar-refractivity contribution in [3.05, 3.63) is 59.3 Å². The summed E-state index contributed by atoms with van der Waals surface area (Å²) >= 11 is 7.70. The molecule has 1 amide bonds. The van der Waals surface area contributed by atoms with Crippen LogP contribution < -0.4 is 4.90 Å². The Morgan fingerprint density at radius 2 is 1.89 bits per heavy atom. The molecule has 0 radical (unpaired) electrons. The first-order valence-electron chi connectivity index (χ1n) is 8.76. The number of piperazine rings is 1. The number of rotatable bonds is 2. The quantitative estimate of drug-likeness (QED) is 0.493. The van der Waals surface area contributed by atoms with Gasteiger partial charge in [-0.3, -0.25) is 4.79 Å². The predicted molar refractivity (Wildman–Crippen MR) is 109 cm³/mol. The molecule has 0 spiro atoms. The molecule has 0 bridgehead atoms. The molecule has 0 unspecified atom stereocenters. The normalized spacial score (nSPS) is 15.0. The second-order valence-corrected chi connectivity index (χ2v) is 7.98. The number of benzene rings is 2. The molecule has 5 rings (SSSR count). The van der Waals surface area contributed by atoms with Crippen LogP contribution in [-0.2, 0) is 0 Å². The Morgan fingerprint density at radius 1 is 1.07 bits per heavy atom. The van der Waals surface area contributed by atoms with Crippen molar-refractivity contribution in [3.8, 4) is 0 Å². The van der Waals surface area contributed by atoms with E-state index in [9.17, 15) is 4.79 Å². The van der Waals surface area contributed by atoms with E-state index in [-0.39, 0.29) is 5.91 Å². The molecular weight excluding hydrogens is 382 g/mol. The van der Waals surface area contributed by atoms with Crippen LogP contribution in [0.4, 0.5) is 5.13 Å². The van der Waals surface area contributed by atoms with Gasteiger partial charge in [-0.05, 0) is 30.3 Å². The van der Waals surface area contributed by atoms with Gasteiger partial charge < -0.3 is 14.2 Å². The number of hydrogen-bond donors (Lipinski definition) is 0. The summed E-state index contributed by atoms with van der Waals surface area (Å²) < 4.78 is 6.80. The third-order valence-electron chi connectivity index (χ3n) is 4.81. The summed E-state index contributed by atoms with van der Waals surface area (Å²) in [5.74, 6) is 0.348. The number of halogens is 1. The number of amides is 1. The average Bonchev–Trinajstić information content (AvgIpc) is 3.31. The van der Waals surface area contributed by atoms with Gasteiger partial charge in [-0.1, -0.05) is 41.1 Å². The Labute approximate surface area is 164 Å². The second-order valence-electron chi connectivity index (χ2n) is 6.54. The standard InChI is InChI=1S/C20H16ClN3O2S/c21-14-5-6-15-18(12-14)27-20(22-15)24-9-7-23(8-10-24)19(25)17-11-13-3-1-2-4-16(13)26-17/h1-6,11-12H,7-10H2. The molecule has 3 heterocycles. The molecule has 0 saturated carbocycles. The zero-order chi connectivity index (χ0) is 18.4. The lowest BCUT2D eigenvalue weighted by atomic mass is 10.2. The van der Waals surface area contributed by atoms with Crippen molar-refractivity contribution in [1.29, 1.82) is 0 Å². The van der Waals surface area contributed by atoms with Gasteiger partial charge in [0.2, 0.25) is 0 Å². The lowest BCUT2D eigenvalue weighted by Crippen LogP contribution is -2.48. The molecular formula is C20H16ClN3O2S. The first-order valence-corrected chi connectivity index (χ1v) is 9.96. The lowest BCUT2D eigenvalue weighted by molar-refractivity contribution is 0.0717. The molecule has 7 heteroatoms. The van der Waals surface area contributed by atoms with Crippen LogP contribution in [0.15, 0.2) is 52.9 Å². The number of fused-ring (bicyclic) bond motifs is 2. The zero-order valence-electron chi connectivity index (χ0n) is 14.4. The summed E-state index contributed by atoms with van der Waals surface area (Å²) in [6.45, 7) is 2.79. The fraction of sp³-hybridized carbons (Fsp3) is 0.200. The highest BCUT2D eigenvalue weighted by Gasteiger charge is 2.26. The minimum atomic E-state index is -0.0538. The summed E-state index contributed by atoms with van der Waals surface area (Å²) in [5, 5.41) is 2.65. The number of thiazole rings is 1. The number of carbonyl (C=O) groups is 1. The minimum absolute atomic E-state index is 0.0538. The molecule has 5 nitrogen and oxygen atoms in total. The summed E-state index contributed by atoms with van der Waals surface area (Å²) in [6.07, 6.45) is 0. The highest BCUT2D eigenvalue weighted by Crippen LogP contribution is 2.31. The Kier molecular flexibility index (Phi) is 4.02. The summed E-state index contributed by atoms with van der Waals surface area (Å²) in [4.78, 5) is 21.5. The molecule has 0 N–H and O–H groups in total. The molecule has 1 aliphatic rings. The Bertz CT molecular complexity index is 1110. The number of nitrogens with zero attached hydrogens (tertiary/aromatic N) is 3. The third kappa shape index (κ3) is 3.05. The molecule has 4 aromatic rings. The van der Waals surface area contributed by atoms with Crippen LogP contribution >= 0.6 is 22.9 Å². The zero-order valence-corrected chi connectivity index (χ0v) is 16.0. The minimum Gasteiger partial charge on any atom is -0.451 e. The van der Waals surface area contributed by atoms with E-state index in [2.05, 4.69) is 4.90 Å². The number of furan rings is 1. The predicted octanol–water partition coefficient (Wildman–Crippen LogP) is 4.66. The fourth-order valence-electron chi connectivity index (χ4n) is 3.37. The smallest absolute Gasteiger partial charge is 0.289 e. The van der Waals surface area contributed by atoms with Gasteiger partial charge in [-0.25, -0.2) is 4.98 Å². The molecule has 0 atom stereocenters. The molecule has 136 valence electrons. The van der Waals surface area contributed by atoms with Gasteiger partial charge in [-0.15, -0.1) is 0 Å². The molecule has 27 heavy (non-hydrogen) atoms. The third-order valence-corrected chi connectivity index (χ3v) is 6.13. The number of carbonyl (C=O) groups excluding carboxylic acids is 1. The van der Waals surface area contributed by atoms with Crippen molar-refractivity contribution >= 4 is 55.2 Å². The van der Waals surface area contributed by atoms with Gasteiger partial charge in [0, 0.05) is 36.6 Å². The van der Waals surface area contributed by atoms with E-state index in [0.717, 1.165) is 44.4 Å². The van der Waals surface area contributed by atoms with Crippen LogP contribution in [0.5, 0.6) is 0 Å². The summed E-state index contributed by atoms with van der Waals surface area (Å²) in [5.41, 5.74) is 1.70. The van der Waals surface area contributed by atoms with Gasteiger partial charge in [0.1, 0.15) is 5.58 Å². The Balaban J connectivity index is 1.30. The van der Waals surface area contributed by atoms with E-state index in [0.29, 0.717) is 18.8 Å². The molecule has 1 fully saturated rings. The van der Waals surface area contributed by atoms with E-state index in [1.165, 1.54) is 0 Å². The van der Waals surface area contributed by atoms with Gasteiger partial charge in [0.25, 0.3) is 5.91 Å². The number of hydrogen-bond acceptors (Lipinski definition) is 5. The topological polar surface area (TPSA) is 49.6 Å². The maximum absolute atomic E-state index is 12.8. The van der Waals surface area contributed by atoms with Crippen LogP contribution in [0.1, 0.15) is 10.6 Å². The van der Waals surface area contributed by atoms with E-state index >= 15 is 0 Å². The monoisotopic (exact) mass is 397 g/mol. The fourth-order valence-corrected chi connectivity index (χ4v) is 4.66. The van der Waals surface area contributed by atoms with E-state index in [1.807, 2.05) is 53.4 Å². The van der Waals surface area contributed by atoms with E-state index < -0.39 is 0 Å². The second kappa shape index (κ2) is 6.55. The van der Waals surface area contributed by atoms with Gasteiger partial charge in [0.15, 0.2) is 10.9 Å². The van der Waals surface area contributed by atoms with Crippen molar-refractivity contribution in [2.45, 2.75) is 0 Å². The number of para-hydroxylation sites is 1. The van der Waals surface area contributed by atoms with Crippen LogP contribution in [0.2, 0.25) is 5.02 Å². The van der Waals surface area contributed by atoms with Crippen LogP contribution in [0.25, 0.3) is 21.2 Å². The molecule has 1 aliphatic heterocycles. The highest BCUT2D eigenvalue weighted by atomic mass is 35.5. The Morgan fingerprint density at radius 3 is 2.70 bits per heavy atom. The average molecular weight is 398 g/mol. The first-order chi connectivity index (χ1) is 13.2. The van der Waals surface area contributed by atoms with Crippen molar-refractivity contribution in [3.63, 3.8) is 0 Å². The van der Waals surface area contributed by atoms with Crippen LogP contribution in [0.3, 0.4) is 0 Å². The molecule has 2 aromatic heterocycles. The molecule has 1 saturated heterocycles. The summed E-state index contributed by atoms with van der Waals surface area (Å²) in [6, 6.07) is 15.2. The molecule has 2 aromatic carbocycles. The maximum Gasteiger partial charge on any atom is 0.289 e. The highest BCUT2D eigenvalue weighted by molar-refractivity contribution is 7.22. The van der Waals surface area contributed by atoms with Crippen molar-refractivity contribution < 1.29 is 9.21 Å². The van der Waals surface area contributed by atoms with E-state index in [4.69, 9.17) is 21.0 Å². The van der Waals surface area contributed by atoms with Gasteiger partial charge in [0.05, 0.1) is 10.2 Å². The SMILES string of the molecule is O=C(c1cc2ccccc2o1)N1CCN(c2nc3ccc(Cl)cc3s2)CC1. The lowest BCUT2D eigenvalue weighted by Gasteiger charge is -2.34. The largest absolute Gasteiger partial charge is 0.451 e. The van der Waals surface area contributed by atoms with Crippen molar-refractivity contribution in [2.75, 3.05) is 31.1 Å².